The normalized spacial score (nSPS) is 9.30. The highest BCUT2D eigenvalue weighted by Gasteiger charge is 1.96. The highest BCUT2D eigenvalue weighted by Crippen LogP contribution is 1.87. The molecule has 1 amide bonds. The lowest BCUT2D eigenvalue weighted by atomic mass is 10.6. The minimum absolute atomic E-state index is 0.198. The molecule has 4 heteroatoms. The Bertz CT molecular complexity index is 205. The van der Waals surface area contributed by atoms with Crippen molar-refractivity contribution >= 4 is 5.91 Å². The molecule has 0 saturated carbocycles. The molecule has 4 nitrogen and oxygen atoms in total. The van der Waals surface area contributed by atoms with Crippen LogP contribution in [0.1, 0.15) is 0 Å². The van der Waals surface area contributed by atoms with Crippen LogP contribution in [0.15, 0.2) is 24.5 Å². The van der Waals surface area contributed by atoms with E-state index in [4.69, 9.17) is 5.84 Å². The van der Waals surface area contributed by atoms with Gasteiger partial charge in [0, 0.05) is 12.4 Å². The minimum atomic E-state index is -0.198. The fraction of sp³-hybridized carbons (Fsp3) is 0.167. The van der Waals surface area contributed by atoms with Crippen molar-refractivity contribution < 1.29 is 4.79 Å². The average molecular weight is 139 g/mol. The summed E-state index contributed by atoms with van der Waals surface area (Å²) in [6.45, 7) is 0.281. The highest BCUT2D eigenvalue weighted by molar-refractivity contribution is 5.74. The summed E-state index contributed by atoms with van der Waals surface area (Å²) in [6, 6.07) is 3.70. The monoisotopic (exact) mass is 139 g/mol. The predicted molar refractivity (Wildman–Crippen MR) is 36.8 cm³/mol. The Morgan fingerprint density at radius 2 is 2.10 bits per heavy atom. The minimum Gasteiger partial charge on any atom is -0.345 e. The molecular formula is C6H9N3O. The standard InChI is InChI=1S/C6H9N3O/c7-8-6(10)5-9-3-1-2-4-9/h1-4H,5,7H2,(H,8,10). The van der Waals surface area contributed by atoms with Crippen molar-refractivity contribution in [1.82, 2.24) is 9.99 Å². The van der Waals surface area contributed by atoms with Crippen molar-refractivity contribution in [1.29, 1.82) is 0 Å². The molecule has 3 N–H and O–H groups in total. The molecule has 0 aliphatic heterocycles. The zero-order chi connectivity index (χ0) is 7.40. The van der Waals surface area contributed by atoms with E-state index in [0.717, 1.165) is 0 Å². The summed E-state index contributed by atoms with van der Waals surface area (Å²) in [7, 11) is 0. The lowest BCUT2D eigenvalue weighted by molar-refractivity contribution is -0.121. The Labute approximate surface area is 58.6 Å². The molecule has 0 aliphatic rings. The van der Waals surface area contributed by atoms with Crippen LogP contribution in [0.3, 0.4) is 0 Å². The summed E-state index contributed by atoms with van der Waals surface area (Å²) >= 11 is 0. The first-order chi connectivity index (χ1) is 4.83. The van der Waals surface area contributed by atoms with Gasteiger partial charge in [-0.25, -0.2) is 5.84 Å². The van der Waals surface area contributed by atoms with Crippen LogP contribution in [0, 0.1) is 0 Å². The van der Waals surface area contributed by atoms with Gasteiger partial charge in [0.2, 0.25) is 0 Å². The fourth-order valence-electron chi connectivity index (χ4n) is 0.687. The van der Waals surface area contributed by atoms with E-state index in [0.29, 0.717) is 0 Å². The Kier molecular flexibility index (Phi) is 2.07. The van der Waals surface area contributed by atoms with Gasteiger partial charge in [-0.15, -0.1) is 0 Å². The largest absolute Gasteiger partial charge is 0.345 e. The predicted octanol–water partition coefficient (Wildman–Crippen LogP) is -0.522. The number of hydrogen-bond donors (Lipinski definition) is 2. The first-order valence-electron chi connectivity index (χ1n) is 2.93. The molecular weight excluding hydrogens is 130 g/mol. The Balaban J connectivity index is 2.48. The fourth-order valence-corrected chi connectivity index (χ4v) is 0.687. The number of rotatable bonds is 2. The molecule has 10 heavy (non-hydrogen) atoms. The number of nitrogens with two attached hydrogens (primary N) is 1. The van der Waals surface area contributed by atoms with E-state index in [2.05, 4.69) is 0 Å². The van der Waals surface area contributed by atoms with Gasteiger partial charge in [-0.05, 0) is 12.1 Å². The van der Waals surface area contributed by atoms with Crippen molar-refractivity contribution in [3.8, 4) is 0 Å². The second kappa shape index (κ2) is 3.03. The van der Waals surface area contributed by atoms with Gasteiger partial charge in [-0.3, -0.25) is 10.2 Å². The lowest BCUT2D eigenvalue weighted by Gasteiger charge is -1.98. The van der Waals surface area contributed by atoms with Gasteiger partial charge in [0.15, 0.2) is 0 Å². The third-order valence-corrected chi connectivity index (χ3v) is 1.15. The lowest BCUT2D eigenvalue weighted by Crippen LogP contribution is -2.32. The number of nitrogens with zero attached hydrogens (tertiary/aromatic N) is 1. The van der Waals surface area contributed by atoms with Gasteiger partial charge in [-0.1, -0.05) is 0 Å². The van der Waals surface area contributed by atoms with Gasteiger partial charge in [0.1, 0.15) is 6.54 Å². The van der Waals surface area contributed by atoms with E-state index in [1.54, 1.807) is 17.0 Å². The van der Waals surface area contributed by atoms with Gasteiger partial charge in [0.05, 0.1) is 0 Å². The van der Waals surface area contributed by atoms with Crippen molar-refractivity contribution in [3.63, 3.8) is 0 Å². The molecule has 0 spiro atoms. The van der Waals surface area contributed by atoms with Crippen LogP contribution >= 0.6 is 0 Å². The Morgan fingerprint density at radius 1 is 1.50 bits per heavy atom. The van der Waals surface area contributed by atoms with E-state index >= 15 is 0 Å². The number of carbonyl (C=O) groups is 1. The maximum Gasteiger partial charge on any atom is 0.253 e. The van der Waals surface area contributed by atoms with Crippen LogP contribution in [-0.4, -0.2) is 10.5 Å². The van der Waals surface area contributed by atoms with E-state index in [-0.39, 0.29) is 12.5 Å². The summed E-state index contributed by atoms with van der Waals surface area (Å²) in [5.41, 5.74) is 2.04. The van der Waals surface area contributed by atoms with Gasteiger partial charge >= 0.3 is 0 Å². The molecule has 0 bridgehead atoms. The van der Waals surface area contributed by atoms with E-state index < -0.39 is 0 Å². The topological polar surface area (TPSA) is 60.0 Å². The SMILES string of the molecule is NNC(=O)Cn1cccc1. The van der Waals surface area contributed by atoms with E-state index in [9.17, 15) is 4.79 Å². The van der Waals surface area contributed by atoms with Crippen LogP contribution in [0.5, 0.6) is 0 Å². The summed E-state index contributed by atoms with van der Waals surface area (Å²) in [5, 5.41) is 0. The smallest absolute Gasteiger partial charge is 0.253 e. The maximum atomic E-state index is 10.6. The molecule has 0 fully saturated rings. The van der Waals surface area contributed by atoms with Crippen molar-refractivity contribution in [2.45, 2.75) is 6.54 Å². The number of aromatic nitrogens is 1. The molecule has 0 atom stereocenters. The van der Waals surface area contributed by atoms with Crippen molar-refractivity contribution in [3.05, 3.63) is 24.5 Å². The third-order valence-electron chi connectivity index (χ3n) is 1.15. The molecule has 0 aromatic carbocycles. The van der Waals surface area contributed by atoms with Crippen molar-refractivity contribution in [2.75, 3.05) is 0 Å². The number of hydrogen-bond acceptors (Lipinski definition) is 2. The molecule has 1 aromatic rings. The molecule has 0 unspecified atom stereocenters. The molecule has 0 radical (unpaired) electrons. The van der Waals surface area contributed by atoms with Crippen LogP contribution in [0.2, 0.25) is 0 Å². The van der Waals surface area contributed by atoms with Crippen LogP contribution in [0.25, 0.3) is 0 Å². The maximum absolute atomic E-state index is 10.6. The zero-order valence-electron chi connectivity index (χ0n) is 5.45. The number of hydrazine groups is 1. The molecule has 1 heterocycles. The van der Waals surface area contributed by atoms with Gasteiger partial charge in [0.25, 0.3) is 5.91 Å². The summed E-state index contributed by atoms with van der Waals surface area (Å²) < 4.78 is 1.74. The van der Waals surface area contributed by atoms with Crippen molar-refractivity contribution in [2.24, 2.45) is 5.84 Å². The molecule has 1 aromatic heterocycles. The third kappa shape index (κ3) is 1.60. The highest BCUT2D eigenvalue weighted by atomic mass is 16.2. The number of carbonyl (C=O) groups excluding carboxylic acids is 1. The second-order valence-corrected chi connectivity index (χ2v) is 1.92. The molecule has 1 rings (SSSR count). The van der Waals surface area contributed by atoms with Crippen LogP contribution in [0.4, 0.5) is 0 Å². The van der Waals surface area contributed by atoms with Gasteiger partial charge in [-0.2, -0.15) is 0 Å². The molecule has 0 aliphatic carbocycles. The Morgan fingerprint density at radius 3 is 2.60 bits per heavy atom. The molecule has 54 valence electrons. The van der Waals surface area contributed by atoms with Gasteiger partial charge < -0.3 is 4.57 Å². The quantitative estimate of drug-likeness (QED) is 0.329. The average Bonchev–Trinajstić information content (AvgIpc) is 2.40. The summed E-state index contributed by atoms with van der Waals surface area (Å²) in [5.74, 6) is 4.68. The summed E-state index contributed by atoms with van der Waals surface area (Å²) in [6.07, 6.45) is 3.60. The summed E-state index contributed by atoms with van der Waals surface area (Å²) in [4.78, 5) is 10.6. The first-order valence-corrected chi connectivity index (χ1v) is 2.93. The molecule has 0 saturated heterocycles. The first kappa shape index (κ1) is 6.82. The second-order valence-electron chi connectivity index (χ2n) is 1.92. The van der Waals surface area contributed by atoms with E-state index in [1.807, 2.05) is 17.6 Å². The Hall–Kier alpha value is -1.29. The zero-order valence-corrected chi connectivity index (χ0v) is 5.45. The van der Waals surface area contributed by atoms with Crippen LogP contribution in [-0.2, 0) is 11.3 Å². The number of amides is 1. The van der Waals surface area contributed by atoms with E-state index in [1.165, 1.54) is 0 Å². The van der Waals surface area contributed by atoms with Crippen LogP contribution < -0.4 is 11.3 Å². The number of nitrogens with one attached hydrogen (secondary N) is 1.